The fourth-order valence-corrected chi connectivity index (χ4v) is 1.98. The summed E-state index contributed by atoms with van der Waals surface area (Å²) in [6.07, 6.45) is 1.78. The van der Waals surface area contributed by atoms with E-state index in [2.05, 4.69) is 22.2 Å². The predicted octanol–water partition coefficient (Wildman–Crippen LogP) is 3.15. The van der Waals surface area contributed by atoms with Gasteiger partial charge in [0.05, 0.1) is 6.61 Å². The number of aliphatic hydroxyl groups excluding tert-OH is 1. The van der Waals surface area contributed by atoms with Gasteiger partial charge in [-0.2, -0.15) is 4.98 Å². The maximum Gasteiger partial charge on any atom is 0.224 e. The Labute approximate surface area is 125 Å². The molecule has 2 N–H and O–H groups in total. The number of nitrogens with zero attached hydrogens (tertiary/aromatic N) is 2. The first-order valence-electron chi connectivity index (χ1n) is 7.25. The number of ether oxygens (including phenoxy) is 1. The van der Waals surface area contributed by atoms with Crippen LogP contribution in [0.15, 0.2) is 30.3 Å². The summed E-state index contributed by atoms with van der Waals surface area (Å²) < 4.78 is 5.82. The number of aliphatic hydroxyl groups is 1. The van der Waals surface area contributed by atoms with Gasteiger partial charge in [0.15, 0.2) is 0 Å². The largest absolute Gasteiger partial charge is 0.438 e. The van der Waals surface area contributed by atoms with E-state index < -0.39 is 0 Å². The van der Waals surface area contributed by atoms with Gasteiger partial charge in [-0.25, -0.2) is 4.98 Å². The van der Waals surface area contributed by atoms with Crippen molar-refractivity contribution in [3.63, 3.8) is 0 Å². The van der Waals surface area contributed by atoms with Crippen LogP contribution >= 0.6 is 0 Å². The number of hydrogen-bond acceptors (Lipinski definition) is 5. The Balaban J connectivity index is 2.29. The molecule has 1 aromatic heterocycles. The van der Waals surface area contributed by atoms with Crippen molar-refractivity contribution in [3.8, 4) is 11.6 Å². The topological polar surface area (TPSA) is 67.3 Å². The van der Waals surface area contributed by atoms with Gasteiger partial charge < -0.3 is 15.2 Å². The molecule has 0 fully saturated rings. The fraction of sp³-hybridized carbons (Fsp3) is 0.375. The molecule has 0 aliphatic rings. The van der Waals surface area contributed by atoms with Crippen molar-refractivity contribution in [1.29, 1.82) is 0 Å². The van der Waals surface area contributed by atoms with Gasteiger partial charge in [0.1, 0.15) is 17.4 Å². The molecule has 5 heteroatoms. The van der Waals surface area contributed by atoms with E-state index in [4.69, 9.17) is 4.74 Å². The van der Waals surface area contributed by atoms with Gasteiger partial charge >= 0.3 is 0 Å². The number of aryl methyl sites for hydroxylation is 1. The molecule has 0 radical (unpaired) electrons. The van der Waals surface area contributed by atoms with Crippen molar-refractivity contribution in [2.24, 2.45) is 0 Å². The summed E-state index contributed by atoms with van der Waals surface area (Å²) in [4.78, 5) is 8.87. The molecule has 2 aromatic rings. The number of benzene rings is 1. The maximum absolute atomic E-state index is 9.35. The van der Waals surface area contributed by atoms with Crippen LogP contribution in [-0.4, -0.2) is 21.6 Å². The second kappa shape index (κ2) is 7.59. The van der Waals surface area contributed by atoms with Crippen LogP contribution in [0.25, 0.3) is 0 Å². The van der Waals surface area contributed by atoms with Crippen LogP contribution in [0.3, 0.4) is 0 Å². The van der Waals surface area contributed by atoms with Crippen LogP contribution in [-0.2, 0) is 13.0 Å². The van der Waals surface area contributed by atoms with Gasteiger partial charge in [0, 0.05) is 24.6 Å². The molecule has 5 nitrogen and oxygen atoms in total. The number of rotatable bonds is 7. The molecule has 0 aliphatic heterocycles. The van der Waals surface area contributed by atoms with E-state index >= 15 is 0 Å². The molecular weight excluding hydrogens is 266 g/mol. The number of anilines is 1. The van der Waals surface area contributed by atoms with Gasteiger partial charge in [-0.3, -0.25) is 0 Å². The van der Waals surface area contributed by atoms with Gasteiger partial charge in [-0.15, -0.1) is 0 Å². The summed E-state index contributed by atoms with van der Waals surface area (Å²) in [6.45, 7) is 4.83. The Morgan fingerprint density at radius 1 is 1.19 bits per heavy atom. The first kappa shape index (κ1) is 15.3. The van der Waals surface area contributed by atoms with Crippen LogP contribution < -0.4 is 10.1 Å². The van der Waals surface area contributed by atoms with E-state index in [9.17, 15) is 5.11 Å². The third-order valence-electron chi connectivity index (χ3n) is 2.94. The maximum atomic E-state index is 9.35. The molecule has 0 bridgehead atoms. The minimum absolute atomic E-state index is 0.0663. The fourth-order valence-electron chi connectivity index (χ4n) is 1.98. The van der Waals surface area contributed by atoms with Gasteiger partial charge in [0.2, 0.25) is 5.88 Å². The SMILES string of the molecule is CCCc1nc(NCC)cc(Oc2ccccc2CO)n1. The lowest BCUT2D eigenvalue weighted by Crippen LogP contribution is -2.05. The molecule has 1 heterocycles. The third-order valence-corrected chi connectivity index (χ3v) is 2.94. The van der Waals surface area contributed by atoms with Crippen molar-refractivity contribution < 1.29 is 9.84 Å². The molecule has 21 heavy (non-hydrogen) atoms. The van der Waals surface area contributed by atoms with Crippen LogP contribution in [0.5, 0.6) is 11.6 Å². The van der Waals surface area contributed by atoms with E-state index in [1.807, 2.05) is 31.2 Å². The molecule has 1 aromatic carbocycles. The van der Waals surface area contributed by atoms with Crippen molar-refractivity contribution in [2.75, 3.05) is 11.9 Å². The molecule has 0 saturated heterocycles. The number of aromatic nitrogens is 2. The highest BCUT2D eigenvalue weighted by Gasteiger charge is 2.08. The van der Waals surface area contributed by atoms with Crippen molar-refractivity contribution in [3.05, 3.63) is 41.7 Å². The van der Waals surface area contributed by atoms with E-state index in [-0.39, 0.29) is 6.61 Å². The zero-order valence-corrected chi connectivity index (χ0v) is 12.5. The normalized spacial score (nSPS) is 10.4. The summed E-state index contributed by atoms with van der Waals surface area (Å²) >= 11 is 0. The summed E-state index contributed by atoms with van der Waals surface area (Å²) in [5, 5.41) is 12.5. The highest BCUT2D eigenvalue weighted by atomic mass is 16.5. The standard InChI is InChI=1S/C16H21N3O2/c1-3-7-14-18-15(17-4-2)10-16(19-14)21-13-9-6-5-8-12(13)11-20/h5-6,8-10,20H,3-4,7,11H2,1-2H3,(H,17,18,19). The zero-order valence-electron chi connectivity index (χ0n) is 12.5. The molecule has 0 aliphatic carbocycles. The molecule has 0 atom stereocenters. The van der Waals surface area contributed by atoms with Crippen molar-refractivity contribution in [2.45, 2.75) is 33.3 Å². The Morgan fingerprint density at radius 2 is 2.00 bits per heavy atom. The molecule has 0 saturated carbocycles. The van der Waals surface area contributed by atoms with Gasteiger partial charge in [-0.05, 0) is 19.4 Å². The Morgan fingerprint density at radius 3 is 2.71 bits per heavy atom. The van der Waals surface area contributed by atoms with Crippen LogP contribution in [0.4, 0.5) is 5.82 Å². The van der Waals surface area contributed by atoms with E-state index in [0.717, 1.165) is 36.6 Å². The van der Waals surface area contributed by atoms with Crippen LogP contribution in [0.2, 0.25) is 0 Å². The number of nitrogens with one attached hydrogen (secondary N) is 1. The Hall–Kier alpha value is -2.14. The molecular formula is C16H21N3O2. The van der Waals surface area contributed by atoms with E-state index in [1.54, 1.807) is 6.07 Å². The first-order valence-corrected chi connectivity index (χ1v) is 7.25. The lowest BCUT2D eigenvalue weighted by Gasteiger charge is -2.11. The molecule has 0 unspecified atom stereocenters. The smallest absolute Gasteiger partial charge is 0.224 e. The van der Waals surface area contributed by atoms with Crippen molar-refractivity contribution in [1.82, 2.24) is 9.97 Å². The third kappa shape index (κ3) is 4.16. The van der Waals surface area contributed by atoms with Crippen LogP contribution in [0.1, 0.15) is 31.7 Å². The first-order chi connectivity index (χ1) is 10.3. The molecule has 2 rings (SSSR count). The van der Waals surface area contributed by atoms with E-state index in [1.165, 1.54) is 0 Å². The lowest BCUT2D eigenvalue weighted by molar-refractivity contribution is 0.276. The van der Waals surface area contributed by atoms with Crippen molar-refractivity contribution >= 4 is 5.82 Å². The summed E-state index contributed by atoms with van der Waals surface area (Å²) in [5.74, 6) is 2.62. The van der Waals surface area contributed by atoms with E-state index in [0.29, 0.717) is 11.6 Å². The lowest BCUT2D eigenvalue weighted by atomic mass is 10.2. The summed E-state index contributed by atoms with van der Waals surface area (Å²) in [6, 6.07) is 9.16. The quantitative estimate of drug-likeness (QED) is 0.819. The van der Waals surface area contributed by atoms with Crippen LogP contribution in [0, 0.1) is 0 Å². The van der Waals surface area contributed by atoms with Gasteiger partial charge in [0.25, 0.3) is 0 Å². The second-order valence-electron chi connectivity index (χ2n) is 4.66. The monoisotopic (exact) mass is 287 g/mol. The average Bonchev–Trinajstić information content (AvgIpc) is 2.48. The molecule has 112 valence electrons. The highest BCUT2D eigenvalue weighted by molar-refractivity contribution is 5.41. The minimum atomic E-state index is -0.0663. The summed E-state index contributed by atoms with van der Waals surface area (Å²) in [5.41, 5.74) is 0.734. The molecule has 0 amide bonds. The highest BCUT2D eigenvalue weighted by Crippen LogP contribution is 2.25. The second-order valence-corrected chi connectivity index (χ2v) is 4.66. The zero-order chi connectivity index (χ0) is 15.1. The Kier molecular flexibility index (Phi) is 5.51. The summed E-state index contributed by atoms with van der Waals surface area (Å²) in [7, 11) is 0. The average molecular weight is 287 g/mol. The molecule has 0 spiro atoms. The number of para-hydroxylation sites is 1. The Bertz CT molecular complexity index is 563. The minimum Gasteiger partial charge on any atom is -0.438 e. The van der Waals surface area contributed by atoms with Gasteiger partial charge in [-0.1, -0.05) is 25.1 Å². The number of hydrogen-bond donors (Lipinski definition) is 2. The predicted molar refractivity (Wildman–Crippen MR) is 82.6 cm³/mol.